The van der Waals surface area contributed by atoms with Crippen LogP contribution in [0.15, 0.2) is 48.5 Å². The van der Waals surface area contributed by atoms with E-state index in [9.17, 15) is 4.39 Å². The van der Waals surface area contributed by atoms with E-state index in [2.05, 4.69) is 23.5 Å². The molecule has 0 bridgehead atoms. The molecule has 0 aliphatic heterocycles. The highest BCUT2D eigenvalue weighted by Gasteiger charge is 2.12. The summed E-state index contributed by atoms with van der Waals surface area (Å²) in [6, 6.07) is 14.9. The second-order valence-electron chi connectivity index (χ2n) is 4.68. The maximum absolute atomic E-state index is 13.7. The van der Waals surface area contributed by atoms with Crippen LogP contribution >= 0.6 is 22.9 Å². The minimum absolute atomic E-state index is 0.0281. The summed E-state index contributed by atoms with van der Waals surface area (Å²) in [5.74, 6) is -0.289. The second kappa shape index (κ2) is 5.43. The Morgan fingerprint density at radius 2 is 1.95 bits per heavy atom. The molecule has 0 radical (unpaired) electrons. The summed E-state index contributed by atoms with van der Waals surface area (Å²) in [6.07, 6.45) is 0. The Balaban J connectivity index is 1.88. The van der Waals surface area contributed by atoms with E-state index in [4.69, 9.17) is 11.6 Å². The Morgan fingerprint density at radius 3 is 2.75 bits per heavy atom. The minimum atomic E-state index is -0.289. The predicted molar refractivity (Wildman–Crippen MR) is 85.3 cm³/mol. The topological polar surface area (TPSA) is 12.0 Å². The number of benzene rings is 2. The molecule has 0 aliphatic carbocycles. The number of thiophene rings is 1. The smallest absolute Gasteiger partial charge is 0.146 e. The van der Waals surface area contributed by atoms with Gasteiger partial charge in [-0.25, -0.2) is 4.39 Å². The molecule has 2 aromatic carbocycles. The SMILES string of the molecule is CC(Nc1cc(Cl)ccc1F)c1cc2ccccc2s1. The van der Waals surface area contributed by atoms with Crippen LogP contribution in [0.5, 0.6) is 0 Å². The maximum Gasteiger partial charge on any atom is 0.146 e. The van der Waals surface area contributed by atoms with Gasteiger partial charge >= 0.3 is 0 Å². The van der Waals surface area contributed by atoms with Gasteiger partial charge in [0.2, 0.25) is 0 Å². The third-order valence-corrected chi connectivity index (χ3v) is 4.71. The van der Waals surface area contributed by atoms with Crippen molar-refractivity contribution in [1.29, 1.82) is 0 Å². The van der Waals surface area contributed by atoms with Crippen LogP contribution < -0.4 is 5.32 Å². The molecule has 4 heteroatoms. The van der Waals surface area contributed by atoms with Gasteiger partial charge in [0.25, 0.3) is 0 Å². The number of anilines is 1. The normalized spacial score (nSPS) is 12.6. The molecule has 1 unspecified atom stereocenters. The first-order chi connectivity index (χ1) is 9.63. The first kappa shape index (κ1) is 13.4. The lowest BCUT2D eigenvalue weighted by molar-refractivity contribution is 0.628. The average Bonchev–Trinajstić information content (AvgIpc) is 2.87. The molecule has 3 aromatic rings. The van der Waals surface area contributed by atoms with Gasteiger partial charge in [0.05, 0.1) is 11.7 Å². The van der Waals surface area contributed by atoms with Crippen molar-refractivity contribution in [3.8, 4) is 0 Å². The number of nitrogens with one attached hydrogen (secondary N) is 1. The van der Waals surface area contributed by atoms with Crippen molar-refractivity contribution in [3.63, 3.8) is 0 Å². The molecule has 1 heterocycles. The Bertz CT molecular complexity index is 720. The van der Waals surface area contributed by atoms with Crippen LogP contribution in [0.25, 0.3) is 10.1 Å². The molecule has 1 atom stereocenters. The van der Waals surface area contributed by atoms with E-state index in [0.717, 1.165) is 0 Å². The Kier molecular flexibility index (Phi) is 3.64. The maximum atomic E-state index is 13.7. The van der Waals surface area contributed by atoms with Crippen molar-refractivity contribution in [2.75, 3.05) is 5.32 Å². The number of hydrogen-bond acceptors (Lipinski definition) is 2. The molecule has 0 saturated carbocycles. The minimum Gasteiger partial charge on any atom is -0.375 e. The fraction of sp³-hybridized carbons (Fsp3) is 0.125. The summed E-state index contributed by atoms with van der Waals surface area (Å²) in [7, 11) is 0. The van der Waals surface area contributed by atoms with Gasteiger partial charge in [0, 0.05) is 14.6 Å². The monoisotopic (exact) mass is 305 g/mol. The number of fused-ring (bicyclic) bond motifs is 1. The molecule has 0 fully saturated rings. The second-order valence-corrected chi connectivity index (χ2v) is 6.23. The van der Waals surface area contributed by atoms with E-state index in [1.165, 1.54) is 21.0 Å². The molecule has 0 amide bonds. The van der Waals surface area contributed by atoms with Crippen molar-refractivity contribution in [2.24, 2.45) is 0 Å². The van der Waals surface area contributed by atoms with Crippen LogP contribution in [0.4, 0.5) is 10.1 Å². The third kappa shape index (κ3) is 2.65. The van der Waals surface area contributed by atoms with Gasteiger partial charge in [-0.15, -0.1) is 11.3 Å². The molecule has 3 rings (SSSR count). The van der Waals surface area contributed by atoms with Crippen molar-refractivity contribution >= 4 is 38.7 Å². The van der Waals surface area contributed by atoms with E-state index < -0.39 is 0 Å². The van der Waals surface area contributed by atoms with Gasteiger partial charge in [0.1, 0.15) is 5.82 Å². The number of hydrogen-bond donors (Lipinski definition) is 1. The van der Waals surface area contributed by atoms with Gasteiger partial charge in [-0.05, 0) is 42.6 Å². The predicted octanol–water partition coefficient (Wildman–Crippen LogP) is 5.87. The third-order valence-electron chi connectivity index (χ3n) is 3.17. The molecule has 20 heavy (non-hydrogen) atoms. The van der Waals surface area contributed by atoms with E-state index >= 15 is 0 Å². The van der Waals surface area contributed by atoms with E-state index in [0.29, 0.717) is 10.7 Å². The highest BCUT2D eigenvalue weighted by molar-refractivity contribution is 7.19. The van der Waals surface area contributed by atoms with Crippen LogP contribution in [0.2, 0.25) is 5.02 Å². The van der Waals surface area contributed by atoms with Gasteiger partial charge < -0.3 is 5.32 Å². The standard InChI is InChI=1S/C16H13ClFNS/c1-10(19-14-9-12(17)6-7-13(14)18)16-8-11-4-2-3-5-15(11)20-16/h2-10,19H,1H3. The quantitative estimate of drug-likeness (QED) is 0.638. The molecular weight excluding hydrogens is 293 g/mol. The van der Waals surface area contributed by atoms with Gasteiger partial charge in [-0.2, -0.15) is 0 Å². The van der Waals surface area contributed by atoms with Crippen molar-refractivity contribution in [3.05, 3.63) is 64.2 Å². The van der Waals surface area contributed by atoms with E-state index in [1.54, 1.807) is 23.5 Å². The first-order valence-corrected chi connectivity index (χ1v) is 7.53. The first-order valence-electron chi connectivity index (χ1n) is 6.33. The van der Waals surface area contributed by atoms with Crippen LogP contribution in [-0.2, 0) is 0 Å². The molecule has 0 spiro atoms. The summed E-state index contributed by atoms with van der Waals surface area (Å²) < 4.78 is 15.0. The molecule has 1 aromatic heterocycles. The molecule has 102 valence electrons. The molecule has 1 nitrogen and oxygen atoms in total. The lowest BCUT2D eigenvalue weighted by Crippen LogP contribution is -2.06. The zero-order valence-electron chi connectivity index (χ0n) is 10.9. The molecule has 1 N–H and O–H groups in total. The molecule has 0 aliphatic rings. The fourth-order valence-electron chi connectivity index (χ4n) is 2.13. The summed E-state index contributed by atoms with van der Waals surface area (Å²) in [5.41, 5.74) is 0.433. The zero-order valence-corrected chi connectivity index (χ0v) is 12.4. The van der Waals surface area contributed by atoms with Crippen molar-refractivity contribution in [2.45, 2.75) is 13.0 Å². The van der Waals surface area contributed by atoms with Crippen molar-refractivity contribution in [1.82, 2.24) is 0 Å². The zero-order chi connectivity index (χ0) is 14.1. The van der Waals surface area contributed by atoms with Crippen LogP contribution in [-0.4, -0.2) is 0 Å². The summed E-state index contributed by atoms with van der Waals surface area (Å²) >= 11 is 7.62. The highest BCUT2D eigenvalue weighted by atomic mass is 35.5. The Labute approximate surface area is 126 Å². The van der Waals surface area contributed by atoms with Gasteiger partial charge in [0.15, 0.2) is 0 Å². The lowest BCUT2D eigenvalue weighted by Gasteiger charge is -2.14. The summed E-state index contributed by atoms with van der Waals surface area (Å²) in [4.78, 5) is 1.17. The number of halogens is 2. The Morgan fingerprint density at radius 1 is 1.15 bits per heavy atom. The lowest BCUT2D eigenvalue weighted by atomic mass is 10.2. The summed E-state index contributed by atoms with van der Waals surface area (Å²) in [5, 5.41) is 4.92. The van der Waals surface area contributed by atoms with Crippen molar-refractivity contribution < 1.29 is 4.39 Å². The van der Waals surface area contributed by atoms with Crippen LogP contribution in [0.3, 0.4) is 0 Å². The highest BCUT2D eigenvalue weighted by Crippen LogP contribution is 2.32. The number of rotatable bonds is 3. The van der Waals surface area contributed by atoms with E-state index in [1.807, 2.05) is 19.1 Å². The van der Waals surface area contributed by atoms with E-state index in [-0.39, 0.29) is 11.9 Å². The fourth-order valence-corrected chi connectivity index (χ4v) is 3.37. The summed E-state index contributed by atoms with van der Waals surface area (Å²) in [6.45, 7) is 2.02. The largest absolute Gasteiger partial charge is 0.375 e. The van der Waals surface area contributed by atoms with Gasteiger partial charge in [-0.1, -0.05) is 29.8 Å². The van der Waals surface area contributed by atoms with Crippen LogP contribution in [0, 0.1) is 5.82 Å². The average molecular weight is 306 g/mol. The Hall–Kier alpha value is -1.58. The van der Waals surface area contributed by atoms with Crippen LogP contribution in [0.1, 0.15) is 17.8 Å². The van der Waals surface area contributed by atoms with Gasteiger partial charge in [-0.3, -0.25) is 0 Å². The molecule has 0 saturated heterocycles. The molecular formula is C16H13ClFNS.